The maximum atomic E-state index is 11.0. The van der Waals surface area contributed by atoms with Gasteiger partial charge in [0.05, 0.1) is 5.52 Å². The van der Waals surface area contributed by atoms with Gasteiger partial charge in [-0.1, -0.05) is 18.2 Å². The molecule has 1 saturated carbocycles. The molecule has 1 heterocycles. The molecule has 1 aromatic heterocycles. The lowest BCUT2D eigenvalue weighted by Crippen LogP contribution is -1.92. The fraction of sp³-hybridized carbons (Fsp3) is 0.308. The molecule has 2 aromatic rings. The molecule has 0 N–H and O–H groups in total. The summed E-state index contributed by atoms with van der Waals surface area (Å²) in [5.74, 6) is 0. The van der Waals surface area contributed by atoms with Crippen LogP contribution in [0.2, 0.25) is 0 Å². The van der Waals surface area contributed by atoms with E-state index in [1.54, 1.807) is 0 Å². The van der Waals surface area contributed by atoms with Crippen LogP contribution < -0.4 is 0 Å². The predicted octanol–water partition coefficient (Wildman–Crippen LogP) is 3.10. The number of fused-ring (bicyclic) bond motifs is 1. The summed E-state index contributed by atoms with van der Waals surface area (Å²) >= 11 is 0. The van der Waals surface area contributed by atoms with Gasteiger partial charge >= 0.3 is 0 Å². The number of aromatic nitrogens is 1. The summed E-state index contributed by atoms with van der Waals surface area (Å²) in [6.45, 7) is 2.11. The summed E-state index contributed by atoms with van der Waals surface area (Å²) in [4.78, 5) is 11.0. The van der Waals surface area contributed by atoms with Crippen LogP contribution in [0, 0.1) is 6.92 Å². The summed E-state index contributed by atoms with van der Waals surface area (Å²) in [6.07, 6.45) is 5.45. The van der Waals surface area contributed by atoms with Gasteiger partial charge in [0.15, 0.2) is 6.29 Å². The predicted molar refractivity (Wildman–Crippen MR) is 60.3 cm³/mol. The molecule has 2 heteroatoms. The van der Waals surface area contributed by atoms with E-state index < -0.39 is 0 Å². The number of nitrogens with zero attached hydrogens (tertiary/aromatic N) is 1. The maximum absolute atomic E-state index is 11.0. The fourth-order valence-electron chi connectivity index (χ4n) is 2.25. The van der Waals surface area contributed by atoms with Crippen molar-refractivity contribution in [2.45, 2.75) is 25.8 Å². The Hall–Kier alpha value is -1.57. The lowest BCUT2D eigenvalue weighted by Gasteiger charge is -2.04. The van der Waals surface area contributed by atoms with Gasteiger partial charge in [0.2, 0.25) is 0 Å². The first-order valence-corrected chi connectivity index (χ1v) is 5.36. The highest BCUT2D eigenvalue weighted by Crippen LogP contribution is 2.39. The van der Waals surface area contributed by atoms with Crippen LogP contribution in [0.4, 0.5) is 0 Å². The molecular formula is C13H13NO. The van der Waals surface area contributed by atoms with Gasteiger partial charge in [-0.2, -0.15) is 0 Å². The van der Waals surface area contributed by atoms with Crippen molar-refractivity contribution in [1.82, 2.24) is 4.57 Å². The molecule has 15 heavy (non-hydrogen) atoms. The van der Waals surface area contributed by atoms with Gasteiger partial charge in [-0.25, -0.2) is 0 Å². The molecule has 0 amide bonds. The topological polar surface area (TPSA) is 22.0 Å². The highest BCUT2D eigenvalue weighted by Gasteiger charge is 2.26. The maximum Gasteiger partial charge on any atom is 0.152 e. The first-order chi connectivity index (χ1) is 7.31. The zero-order valence-corrected chi connectivity index (χ0v) is 8.73. The van der Waals surface area contributed by atoms with E-state index in [-0.39, 0.29) is 0 Å². The van der Waals surface area contributed by atoms with Crippen LogP contribution in [0.15, 0.2) is 24.4 Å². The van der Waals surface area contributed by atoms with E-state index in [0.717, 1.165) is 17.2 Å². The molecule has 1 aliphatic rings. The SMILES string of the molecule is Cc1cccc2c(C=O)cn(C3CC3)c12. The molecular weight excluding hydrogens is 186 g/mol. The molecule has 0 atom stereocenters. The molecule has 0 aliphatic heterocycles. The van der Waals surface area contributed by atoms with Crippen LogP contribution in [-0.2, 0) is 0 Å². The third kappa shape index (κ3) is 1.21. The molecule has 0 bridgehead atoms. The highest BCUT2D eigenvalue weighted by molar-refractivity contribution is 5.99. The Morgan fingerprint density at radius 3 is 2.87 bits per heavy atom. The molecule has 1 aromatic carbocycles. The quantitative estimate of drug-likeness (QED) is 0.681. The third-order valence-electron chi connectivity index (χ3n) is 3.15. The van der Waals surface area contributed by atoms with E-state index >= 15 is 0 Å². The molecule has 1 aliphatic carbocycles. The van der Waals surface area contributed by atoms with Crippen molar-refractivity contribution >= 4 is 17.2 Å². The number of carbonyl (C=O) groups is 1. The number of rotatable bonds is 2. The second-order valence-corrected chi connectivity index (χ2v) is 4.31. The molecule has 0 saturated heterocycles. The molecule has 76 valence electrons. The lowest BCUT2D eigenvalue weighted by molar-refractivity contribution is 0.112. The van der Waals surface area contributed by atoms with E-state index in [2.05, 4.69) is 17.6 Å². The van der Waals surface area contributed by atoms with Gasteiger partial charge < -0.3 is 4.57 Å². The third-order valence-corrected chi connectivity index (χ3v) is 3.15. The minimum absolute atomic E-state index is 0.627. The standard InChI is InChI=1S/C13H13NO/c1-9-3-2-4-12-10(8-15)7-14(13(9)12)11-5-6-11/h2-4,7-8,11H,5-6H2,1H3. The number of aryl methyl sites for hydroxylation is 1. The first-order valence-electron chi connectivity index (χ1n) is 5.36. The highest BCUT2D eigenvalue weighted by atomic mass is 16.1. The van der Waals surface area contributed by atoms with Crippen molar-refractivity contribution in [3.63, 3.8) is 0 Å². The molecule has 0 radical (unpaired) electrons. The van der Waals surface area contributed by atoms with Gasteiger partial charge in [0, 0.05) is 23.2 Å². The van der Waals surface area contributed by atoms with Crippen LogP contribution >= 0.6 is 0 Å². The van der Waals surface area contributed by atoms with Crippen molar-refractivity contribution in [2.24, 2.45) is 0 Å². The Bertz CT molecular complexity index is 535. The Morgan fingerprint density at radius 1 is 1.40 bits per heavy atom. The van der Waals surface area contributed by atoms with Crippen LogP contribution in [0.25, 0.3) is 10.9 Å². The molecule has 0 spiro atoms. The summed E-state index contributed by atoms with van der Waals surface area (Å²) in [6, 6.07) is 6.78. The first kappa shape index (κ1) is 8.72. The number of hydrogen-bond acceptors (Lipinski definition) is 1. The zero-order valence-electron chi connectivity index (χ0n) is 8.73. The van der Waals surface area contributed by atoms with Crippen molar-refractivity contribution in [3.05, 3.63) is 35.5 Å². The zero-order chi connectivity index (χ0) is 10.4. The van der Waals surface area contributed by atoms with E-state index in [1.165, 1.54) is 23.9 Å². The Labute approximate surface area is 88.5 Å². The number of benzene rings is 1. The van der Waals surface area contributed by atoms with Crippen LogP contribution in [0.1, 0.15) is 34.8 Å². The Morgan fingerprint density at radius 2 is 2.20 bits per heavy atom. The second-order valence-electron chi connectivity index (χ2n) is 4.31. The number of hydrogen-bond donors (Lipinski definition) is 0. The van der Waals surface area contributed by atoms with E-state index in [9.17, 15) is 4.79 Å². The average Bonchev–Trinajstić information content (AvgIpc) is 3.00. The molecule has 1 fully saturated rings. The summed E-state index contributed by atoms with van der Waals surface area (Å²) < 4.78 is 2.27. The smallest absolute Gasteiger partial charge is 0.152 e. The van der Waals surface area contributed by atoms with Crippen molar-refractivity contribution < 1.29 is 4.79 Å². The Kier molecular flexibility index (Phi) is 1.72. The second kappa shape index (κ2) is 2.96. The van der Waals surface area contributed by atoms with Crippen LogP contribution in [0.5, 0.6) is 0 Å². The van der Waals surface area contributed by atoms with Crippen molar-refractivity contribution in [2.75, 3.05) is 0 Å². The summed E-state index contributed by atoms with van der Waals surface area (Å²) in [7, 11) is 0. The monoisotopic (exact) mass is 199 g/mol. The van der Waals surface area contributed by atoms with Crippen LogP contribution in [0.3, 0.4) is 0 Å². The van der Waals surface area contributed by atoms with E-state index in [4.69, 9.17) is 0 Å². The fourth-order valence-corrected chi connectivity index (χ4v) is 2.25. The van der Waals surface area contributed by atoms with E-state index in [0.29, 0.717) is 6.04 Å². The minimum atomic E-state index is 0.627. The number of para-hydroxylation sites is 1. The van der Waals surface area contributed by atoms with Gasteiger partial charge in [-0.05, 0) is 25.3 Å². The molecule has 0 unspecified atom stereocenters. The number of carbonyl (C=O) groups excluding carboxylic acids is 1. The largest absolute Gasteiger partial charge is 0.343 e. The van der Waals surface area contributed by atoms with Crippen molar-refractivity contribution in [3.8, 4) is 0 Å². The summed E-state index contributed by atoms with van der Waals surface area (Å²) in [5.41, 5.74) is 3.32. The molecule has 2 nitrogen and oxygen atoms in total. The van der Waals surface area contributed by atoms with Crippen LogP contribution in [-0.4, -0.2) is 10.9 Å². The van der Waals surface area contributed by atoms with Gasteiger partial charge in [-0.3, -0.25) is 4.79 Å². The van der Waals surface area contributed by atoms with Gasteiger partial charge in [0.1, 0.15) is 0 Å². The van der Waals surface area contributed by atoms with Gasteiger partial charge in [0.25, 0.3) is 0 Å². The van der Waals surface area contributed by atoms with Gasteiger partial charge in [-0.15, -0.1) is 0 Å². The Balaban J connectivity index is 2.39. The van der Waals surface area contributed by atoms with E-state index in [1.807, 2.05) is 18.3 Å². The number of aldehydes is 1. The van der Waals surface area contributed by atoms with Crippen molar-refractivity contribution in [1.29, 1.82) is 0 Å². The minimum Gasteiger partial charge on any atom is -0.343 e. The lowest BCUT2D eigenvalue weighted by atomic mass is 10.1. The molecule has 3 rings (SSSR count). The average molecular weight is 199 g/mol. The normalized spacial score (nSPS) is 15.8. The summed E-state index contributed by atoms with van der Waals surface area (Å²) in [5, 5.41) is 1.09.